The fraction of sp³-hybridized carbons (Fsp3) is 0.286. The topological polar surface area (TPSA) is 58.4 Å². The first-order valence-corrected chi connectivity index (χ1v) is 11.2. The summed E-state index contributed by atoms with van der Waals surface area (Å²) in [5, 5.41) is 0. The maximum atomic E-state index is 11.7. The first-order chi connectivity index (χ1) is 13.5. The van der Waals surface area contributed by atoms with Crippen LogP contribution in [0.4, 0.5) is 0 Å². The lowest BCUT2D eigenvalue weighted by Gasteiger charge is -2.33. The van der Waals surface area contributed by atoms with Gasteiger partial charge in [-0.3, -0.25) is 9.88 Å². The van der Waals surface area contributed by atoms with E-state index in [1.54, 1.807) is 4.31 Å². The summed E-state index contributed by atoms with van der Waals surface area (Å²) in [7, 11) is -3.10. The van der Waals surface area contributed by atoms with Crippen LogP contribution < -0.4 is 0 Å². The molecule has 1 fully saturated rings. The van der Waals surface area contributed by atoms with Crippen LogP contribution in [0.3, 0.4) is 0 Å². The lowest BCUT2D eigenvalue weighted by Crippen LogP contribution is -2.47. The van der Waals surface area contributed by atoms with E-state index >= 15 is 0 Å². The lowest BCUT2D eigenvalue weighted by atomic mass is 10.0. The van der Waals surface area contributed by atoms with Gasteiger partial charge in [0.15, 0.2) is 0 Å². The number of pyridine rings is 1. The van der Waals surface area contributed by atoms with Gasteiger partial charge in [-0.15, -0.1) is 0 Å². The van der Waals surface area contributed by atoms with Crippen molar-refractivity contribution in [2.75, 3.05) is 32.4 Å². The molecule has 4 rings (SSSR count). The van der Waals surface area contributed by atoms with Gasteiger partial charge in [0.1, 0.15) is 0 Å². The standard InChI is InChI=1S/C21H24N4O2S/c1-28(26,27)25-14-12-23(13-15-25)17-18-6-2-3-7-20(18)21-9-8-19(16-22-21)24-10-4-5-11-24/h2-11,16H,12-15,17H2,1H3. The van der Waals surface area contributed by atoms with E-state index in [1.165, 1.54) is 11.8 Å². The number of benzene rings is 1. The van der Waals surface area contributed by atoms with Crippen molar-refractivity contribution >= 4 is 10.0 Å². The molecule has 146 valence electrons. The quantitative estimate of drug-likeness (QED) is 0.665. The fourth-order valence-corrected chi connectivity index (χ4v) is 4.40. The Morgan fingerprint density at radius 1 is 0.929 bits per heavy atom. The summed E-state index contributed by atoms with van der Waals surface area (Å²) in [4.78, 5) is 6.98. The molecule has 1 aliphatic heterocycles. The van der Waals surface area contributed by atoms with E-state index in [9.17, 15) is 8.42 Å². The number of hydrogen-bond acceptors (Lipinski definition) is 4. The van der Waals surface area contributed by atoms with Crippen molar-refractivity contribution in [1.29, 1.82) is 0 Å². The SMILES string of the molecule is CS(=O)(=O)N1CCN(Cc2ccccc2-c2ccc(-n3cccc3)cn2)CC1. The highest BCUT2D eigenvalue weighted by molar-refractivity contribution is 7.88. The van der Waals surface area contributed by atoms with E-state index in [1.807, 2.05) is 47.4 Å². The normalized spacial score (nSPS) is 16.3. The zero-order chi connectivity index (χ0) is 19.6. The second kappa shape index (κ2) is 7.87. The van der Waals surface area contributed by atoms with Crippen LogP contribution in [0.1, 0.15) is 5.56 Å². The highest BCUT2D eigenvalue weighted by Gasteiger charge is 2.23. The van der Waals surface area contributed by atoms with Gasteiger partial charge in [0, 0.05) is 50.7 Å². The smallest absolute Gasteiger partial charge is 0.211 e. The molecule has 6 nitrogen and oxygen atoms in total. The first kappa shape index (κ1) is 18.9. The Morgan fingerprint density at radius 2 is 1.64 bits per heavy atom. The molecule has 1 aromatic carbocycles. The van der Waals surface area contributed by atoms with Gasteiger partial charge in [0.05, 0.1) is 23.8 Å². The minimum Gasteiger partial charge on any atom is -0.322 e. The molecule has 7 heteroatoms. The van der Waals surface area contributed by atoms with Crippen molar-refractivity contribution < 1.29 is 8.42 Å². The second-order valence-electron chi connectivity index (χ2n) is 7.09. The molecule has 0 amide bonds. The molecule has 3 heterocycles. The average Bonchev–Trinajstić information content (AvgIpc) is 3.23. The lowest BCUT2D eigenvalue weighted by molar-refractivity contribution is 0.182. The van der Waals surface area contributed by atoms with Crippen molar-refractivity contribution in [3.8, 4) is 16.9 Å². The van der Waals surface area contributed by atoms with Crippen LogP contribution in [-0.4, -0.2) is 59.6 Å². The third-order valence-corrected chi connectivity index (χ3v) is 6.44. The average molecular weight is 397 g/mol. The predicted molar refractivity (Wildman–Crippen MR) is 111 cm³/mol. The summed E-state index contributed by atoms with van der Waals surface area (Å²) in [6.07, 6.45) is 7.17. The highest BCUT2D eigenvalue weighted by Crippen LogP contribution is 2.24. The predicted octanol–water partition coefficient (Wildman–Crippen LogP) is 2.62. The molecule has 3 aromatic rings. The van der Waals surface area contributed by atoms with Crippen molar-refractivity contribution in [2.45, 2.75) is 6.54 Å². The van der Waals surface area contributed by atoms with Gasteiger partial charge in [-0.1, -0.05) is 24.3 Å². The Balaban J connectivity index is 1.50. The second-order valence-corrected chi connectivity index (χ2v) is 9.07. The minimum atomic E-state index is -3.10. The van der Waals surface area contributed by atoms with Crippen molar-refractivity contribution in [2.24, 2.45) is 0 Å². The molecule has 0 N–H and O–H groups in total. The number of sulfonamides is 1. The summed E-state index contributed by atoms with van der Waals surface area (Å²) in [5.41, 5.74) is 4.30. The molecular formula is C21H24N4O2S. The zero-order valence-electron chi connectivity index (χ0n) is 15.9. The zero-order valence-corrected chi connectivity index (χ0v) is 16.7. The maximum absolute atomic E-state index is 11.7. The Kier molecular flexibility index (Phi) is 5.30. The van der Waals surface area contributed by atoms with Gasteiger partial charge >= 0.3 is 0 Å². The van der Waals surface area contributed by atoms with E-state index in [0.717, 1.165) is 36.6 Å². The van der Waals surface area contributed by atoms with Crippen molar-refractivity contribution in [3.63, 3.8) is 0 Å². The molecule has 2 aromatic heterocycles. The molecule has 0 aliphatic carbocycles. The summed E-state index contributed by atoms with van der Waals surface area (Å²) >= 11 is 0. The molecule has 0 unspecified atom stereocenters. The number of aromatic nitrogens is 2. The largest absolute Gasteiger partial charge is 0.322 e. The summed E-state index contributed by atoms with van der Waals surface area (Å²) in [5.74, 6) is 0. The van der Waals surface area contributed by atoms with E-state index in [0.29, 0.717) is 13.1 Å². The van der Waals surface area contributed by atoms with Crippen LogP contribution >= 0.6 is 0 Å². The van der Waals surface area contributed by atoms with E-state index < -0.39 is 10.0 Å². The Hall–Kier alpha value is -2.48. The highest BCUT2D eigenvalue weighted by atomic mass is 32.2. The molecule has 1 saturated heterocycles. The third kappa shape index (κ3) is 4.16. The monoisotopic (exact) mass is 396 g/mol. The van der Waals surface area contributed by atoms with Gasteiger partial charge < -0.3 is 4.57 Å². The van der Waals surface area contributed by atoms with Gasteiger partial charge in [0.2, 0.25) is 10.0 Å². The number of hydrogen-bond donors (Lipinski definition) is 0. The summed E-state index contributed by atoms with van der Waals surface area (Å²) < 4.78 is 27.0. The molecular weight excluding hydrogens is 372 g/mol. The number of nitrogens with zero attached hydrogens (tertiary/aromatic N) is 4. The fourth-order valence-electron chi connectivity index (χ4n) is 3.57. The minimum absolute atomic E-state index is 0.546. The van der Waals surface area contributed by atoms with Crippen LogP contribution in [0.5, 0.6) is 0 Å². The first-order valence-electron chi connectivity index (χ1n) is 9.36. The van der Waals surface area contributed by atoms with Crippen LogP contribution in [0.2, 0.25) is 0 Å². The van der Waals surface area contributed by atoms with Crippen LogP contribution in [0.15, 0.2) is 67.1 Å². The maximum Gasteiger partial charge on any atom is 0.211 e. The molecule has 0 spiro atoms. The molecule has 1 aliphatic rings. The van der Waals surface area contributed by atoms with E-state index in [4.69, 9.17) is 0 Å². The number of rotatable bonds is 5. The van der Waals surface area contributed by atoms with Crippen molar-refractivity contribution in [1.82, 2.24) is 18.8 Å². The Morgan fingerprint density at radius 3 is 2.29 bits per heavy atom. The molecule has 28 heavy (non-hydrogen) atoms. The van der Waals surface area contributed by atoms with Gasteiger partial charge in [-0.2, -0.15) is 4.31 Å². The molecule has 0 radical (unpaired) electrons. The third-order valence-electron chi connectivity index (χ3n) is 5.14. The summed E-state index contributed by atoms with van der Waals surface area (Å²) in [6.45, 7) is 3.35. The van der Waals surface area contributed by atoms with Gasteiger partial charge in [-0.25, -0.2) is 8.42 Å². The van der Waals surface area contributed by atoms with E-state index in [-0.39, 0.29) is 0 Å². The van der Waals surface area contributed by atoms with Gasteiger partial charge in [0.25, 0.3) is 0 Å². The molecule has 0 bridgehead atoms. The van der Waals surface area contributed by atoms with Crippen LogP contribution in [0, 0.1) is 0 Å². The number of piperazine rings is 1. The Bertz CT molecular complexity index is 1020. The van der Waals surface area contributed by atoms with Crippen LogP contribution in [0.25, 0.3) is 16.9 Å². The Labute approximate surface area is 166 Å². The van der Waals surface area contributed by atoms with Crippen LogP contribution in [-0.2, 0) is 16.6 Å². The molecule has 0 saturated carbocycles. The van der Waals surface area contributed by atoms with E-state index in [2.05, 4.69) is 34.1 Å². The van der Waals surface area contributed by atoms with Gasteiger partial charge in [-0.05, 0) is 29.8 Å². The van der Waals surface area contributed by atoms with Crippen molar-refractivity contribution in [3.05, 3.63) is 72.7 Å². The molecule has 0 atom stereocenters. The summed E-state index contributed by atoms with van der Waals surface area (Å²) in [6, 6.07) is 16.4.